The lowest BCUT2D eigenvalue weighted by Gasteiger charge is -2.12. The van der Waals surface area contributed by atoms with Crippen molar-refractivity contribution in [3.63, 3.8) is 0 Å². The monoisotopic (exact) mass is 424 g/mol. The average molecular weight is 425 g/mol. The van der Waals surface area contributed by atoms with Gasteiger partial charge in [0.2, 0.25) is 0 Å². The van der Waals surface area contributed by atoms with Crippen LogP contribution in [0, 0.1) is 0 Å². The topological polar surface area (TPSA) is 85.3 Å². The van der Waals surface area contributed by atoms with Gasteiger partial charge in [0.1, 0.15) is 11.9 Å². The molecule has 4 rings (SSSR count). The van der Waals surface area contributed by atoms with Gasteiger partial charge in [0.25, 0.3) is 11.8 Å². The van der Waals surface area contributed by atoms with Crippen molar-refractivity contribution in [2.75, 3.05) is 17.2 Å². The molecule has 2 aromatic carbocycles. The minimum Gasteiger partial charge on any atom is -0.368 e. The number of rotatable bonds is 6. The normalized spacial score (nSPS) is 15.7. The van der Waals surface area contributed by atoms with Crippen LogP contribution >= 0.6 is 11.6 Å². The van der Waals surface area contributed by atoms with Crippen LogP contribution in [0.1, 0.15) is 28.8 Å². The molecule has 154 valence electrons. The zero-order valence-corrected chi connectivity index (χ0v) is 16.9. The third-order valence-electron chi connectivity index (χ3n) is 4.79. The number of amides is 2. The Hall–Kier alpha value is -3.16. The Morgan fingerprint density at radius 2 is 2.00 bits per heavy atom. The first-order valence-corrected chi connectivity index (χ1v) is 10.1. The van der Waals surface area contributed by atoms with Crippen LogP contribution in [0.5, 0.6) is 0 Å². The Labute approximate surface area is 179 Å². The van der Waals surface area contributed by atoms with E-state index < -0.39 is 6.10 Å². The number of aromatic nitrogens is 2. The molecule has 0 aliphatic carbocycles. The van der Waals surface area contributed by atoms with Crippen molar-refractivity contribution < 1.29 is 14.3 Å². The molecule has 1 aliphatic rings. The summed E-state index contributed by atoms with van der Waals surface area (Å²) in [7, 11) is 0. The lowest BCUT2D eigenvalue weighted by atomic mass is 10.1. The molecule has 1 saturated heterocycles. The van der Waals surface area contributed by atoms with E-state index in [0.717, 1.165) is 12.0 Å². The van der Waals surface area contributed by atoms with Gasteiger partial charge in [0, 0.05) is 28.9 Å². The fraction of sp³-hybridized carbons (Fsp3) is 0.227. The van der Waals surface area contributed by atoms with Crippen LogP contribution in [0.4, 0.5) is 11.5 Å². The first-order valence-electron chi connectivity index (χ1n) is 9.68. The van der Waals surface area contributed by atoms with E-state index in [1.807, 2.05) is 18.2 Å². The van der Waals surface area contributed by atoms with Gasteiger partial charge in [-0.05, 0) is 48.7 Å². The van der Waals surface area contributed by atoms with Crippen molar-refractivity contribution in [2.24, 2.45) is 0 Å². The summed E-state index contributed by atoms with van der Waals surface area (Å²) in [6.07, 6.45) is 2.79. The quantitative estimate of drug-likeness (QED) is 0.627. The highest BCUT2D eigenvalue weighted by atomic mass is 35.5. The van der Waals surface area contributed by atoms with Crippen LogP contribution in [0.15, 0.2) is 60.8 Å². The van der Waals surface area contributed by atoms with Gasteiger partial charge in [-0.15, -0.1) is 0 Å². The molecule has 0 saturated carbocycles. The maximum atomic E-state index is 12.8. The van der Waals surface area contributed by atoms with E-state index in [2.05, 4.69) is 15.7 Å². The Morgan fingerprint density at radius 3 is 2.80 bits per heavy atom. The fourth-order valence-electron chi connectivity index (χ4n) is 3.31. The first-order chi connectivity index (χ1) is 14.6. The summed E-state index contributed by atoms with van der Waals surface area (Å²) in [4.78, 5) is 25.0. The molecular formula is C22H21ClN4O3. The molecule has 0 radical (unpaired) electrons. The Bertz CT molecular complexity index is 1060. The summed E-state index contributed by atoms with van der Waals surface area (Å²) in [6, 6.07) is 16.0. The highest BCUT2D eigenvalue weighted by Crippen LogP contribution is 2.18. The standard InChI is InChI=1S/C22H21ClN4O3/c23-17-6-1-4-15(12-17)14-27-20(9-10-24-27)26-21(28)16-5-2-7-18(13-16)25-22(29)19-8-3-11-30-19/h1-2,4-7,9-10,12-13,19H,3,8,11,14H2,(H,25,29)(H,26,28). The third kappa shape index (κ3) is 4.87. The minimum absolute atomic E-state index is 0.190. The molecule has 1 aliphatic heterocycles. The first kappa shape index (κ1) is 20.1. The average Bonchev–Trinajstić information content (AvgIpc) is 3.41. The van der Waals surface area contributed by atoms with Crippen molar-refractivity contribution in [3.05, 3.63) is 76.9 Å². The Kier molecular flexibility index (Phi) is 6.11. The Morgan fingerprint density at radius 1 is 1.13 bits per heavy atom. The molecule has 1 atom stereocenters. The summed E-state index contributed by atoms with van der Waals surface area (Å²) in [5.74, 6) is 0.0782. The van der Waals surface area contributed by atoms with Crippen LogP contribution in [-0.2, 0) is 16.1 Å². The molecule has 1 fully saturated rings. The van der Waals surface area contributed by atoms with Gasteiger partial charge in [0.05, 0.1) is 12.7 Å². The van der Waals surface area contributed by atoms with Gasteiger partial charge in [-0.1, -0.05) is 29.8 Å². The van der Waals surface area contributed by atoms with Crippen LogP contribution < -0.4 is 10.6 Å². The lowest BCUT2D eigenvalue weighted by Crippen LogP contribution is -2.27. The van der Waals surface area contributed by atoms with Gasteiger partial charge in [-0.3, -0.25) is 9.59 Å². The number of carbonyl (C=O) groups is 2. The second kappa shape index (κ2) is 9.11. The number of halogens is 1. The largest absolute Gasteiger partial charge is 0.368 e. The van der Waals surface area contributed by atoms with Crippen molar-refractivity contribution in [1.29, 1.82) is 0 Å². The maximum Gasteiger partial charge on any atom is 0.256 e. The van der Waals surface area contributed by atoms with Crippen molar-refractivity contribution in [3.8, 4) is 0 Å². The summed E-state index contributed by atoms with van der Waals surface area (Å²) in [5.41, 5.74) is 1.95. The van der Waals surface area contributed by atoms with Gasteiger partial charge in [0.15, 0.2) is 0 Å². The zero-order chi connectivity index (χ0) is 20.9. The van der Waals surface area contributed by atoms with E-state index >= 15 is 0 Å². The van der Waals surface area contributed by atoms with E-state index in [1.54, 1.807) is 47.3 Å². The summed E-state index contributed by atoms with van der Waals surface area (Å²) in [6.45, 7) is 1.07. The van der Waals surface area contributed by atoms with E-state index in [0.29, 0.717) is 41.7 Å². The molecule has 0 spiro atoms. The predicted molar refractivity (Wildman–Crippen MR) is 115 cm³/mol. The maximum absolute atomic E-state index is 12.8. The number of ether oxygens (including phenoxy) is 1. The summed E-state index contributed by atoms with van der Waals surface area (Å²) < 4.78 is 7.08. The number of carbonyl (C=O) groups excluding carboxylic acids is 2. The van der Waals surface area contributed by atoms with Crippen LogP contribution in [0.25, 0.3) is 0 Å². The molecule has 1 unspecified atom stereocenters. The van der Waals surface area contributed by atoms with Crippen molar-refractivity contribution >= 4 is 34.9 Å². The smallest absolute Gasteiger partial charge is 0.256 e. The molecule has 2 N–H and O–H groups in total. The van der Waals surface area contributed by atoms with Crippen LogP contribution in [0.2, 0.25) is 5.02 Å². The van der Waals surface area contributed by atoms with Crippen LogP contribution in [0.3, 0.4) is 0 Å². The van der Waals surface area contributed by atoms with E-state index in [4.69, 9.17) is 16.3 Å². The number of hydrogen-bond donors (Lipinski definition) is 2. The lowest BCUT2D eigenvalue weighted by molar-refractivity contribution is -0.124. The van der Waals surface area contributed by atoms with Crippen LogP contribution in [-0.4, -0.2) is 34.3 Å². The Balaban J connectivity index is 1.43. The molecule has 2 heterocycles. The predicted octanol–water partition coefficient (Wildman–Crippen LogP) is 3.95. The van der Waals surface area contributed by atoms with E-state index in [1.165, 1.54) is 0 Å². The van der Waals surface area contributed by atoms with Gasteiger partial charge >= 0.3 is 0 Å². The number of benzene rings is 2. The molecular weight excluding hydrogens is 404 g/mol. The molecule has 1 aromatic heterocycles. The van der Waals surface area contributed by atoms with Gasteiger partial charge < -0.3 is 15.4 Å². The molecule has 0 bridgehead atoms. The molecule has 30 heavy (non-hydrogen) atoms. The molecule has 3 aromatic rings. The number of hydrogen-bond acceptors (Lipinski definition) is 4. The van der Waals surface area contributed by atoms with Crippen molar-refractivity contribution in [1.82, 2.24) is 9.78 Å². The zero-order valence-electron chi connectivity index (χ0n) is 16.2. The fourth-order valence-corrected chi connectivity index (χ4v) is 3.52. The highest BCUT2D eigenvalue weighted by molar-refractivity contribution is 6.30. The molecule has 2 amide bonds. The SMILES string of the molecule is O=C(Nc1ccnn1Cc1cccc(Cl)c1)c1cccc(NC(=O)C2CCCO2)c1. The van der Waals surface area contributed by atoms with Crippen molar-refractivity contribution in [2.45, 2.75) is 25.5 Å². The van der Waals surface area contributed by atoms with Gasteiger partial charge in [-0.2, -0.15) is 5.10 Å². The second-order valence-corrected chi connectivity index (χ2v) is 7.47. The van der Waals surface area contributed by atoms with E-state index in [9.17, 15) is 9.59 Å². The highest BCUT2D eigenvalue weighted by Gasteiger charge is 2.23. The minimum atomic E-state index is -0.427. The summed E-state index contributed by atoms with van der Waals surface area (Å²) in [5, 5.41) is 10.6. The molecule has 8 heteroatoms. The number of nitrogens with one attached hydrogen (secondary N) is 2. The molecule has 7 nitrogen and oxygen atoms in total. The number of nitrogens with zero attached hydrogens (tertiary/aromatic N) is 2. The van der Waals surface area contributed by atoms with E-state index in [-0.39, 0.29) is 11.8 Å². The third-order valence-corrected chi connectivity index (χ3v) is 5.03. The summed E-state index contributed by atoms with van der Waals surface area (Å²) >= 11 is 6.04. The second-order valence-electron chi connectivity index (χ2n) is 7.03. The van der Waals surface area contributed by atoms with Gasteiger partial charge in [-0.25, -0.2) is 4.68 Å². The number of anilines is 2.